The summed E-state index contributed by atoms with van der Waals surface area (Å²) in [6.07, 6.45) is 0. The number of amides is 1. The molecule has 10 heteroatoms. The molecule has 28 heavy (non-hydrogen) atoms. The molecule has 2 N–H and O–H groups in total. The highest BCUT2D eigenvalue weighted by Crippen LogP contribution is 2.36. The predicted octanol–water partition coefficient (Wildman–Crippen LogP) is 3.22. The molecular formula is C18H20BrClN2O5S. The molecule has 0 unspecified atom stereocenters. The summed E-state index contributed by atoms with van der Waals surface area (Å²) in [7, 11) is -2.22. The maximum atomic E-state index is 12.4. The summed E-state index contributed by atoms with van der Waals surface area (Å²) in [5.74, 6) is 0.558. The smallest absolute Gasteiger partial charge is 0.251 e. The summed E-state index contributed by atoms with van der Waals surface area (Å²) in [6.45, 7) is 2.42. The van der Waals surface area contributed by atoms with Gasteiger partial charge >= 0.3 is 0 Å². The second-order valence-electron chi connectivity index (χ2n) is 5.53. The normalized spacial score (nSPS) is 11.1. The Morgan fingerprint density at radius 3 is 2.61 bits per heavy atom. The lowest BCUT2D eigenvalue weighted by Crippen LogP contribution is -2.34. The van der Waals surface area contributed by atoms with Gasteiger partial charge < -0.3 is 14.8 Å². The zero-order chi connectivity index (χ0) is 20.7. The third-order valence-electron chi connectivity index (χ3n) is 3.59. The van der Waals surface area contributed by atoms with Gasteiger partial charge in [0.1, 0.15) is 0 Å². The van der Waals surface area contributed by atoms with Crippen LogP contribution in [0.25, 0.3) is 0 Å². The van der Waals surface area contributed by atoms with Crippen molar-refractivity contribution in [2.24, 2.45) is 0 Å². The van der Waals surface area contributed by atoms with E-state index in [1.54, 1.807) is 24.3 Å². The number of halogens is 2. The molecule has 2 aromatic rings. The highest BCUT2D eigenvalue weighted by molar-refractivity contribution is 9.10. The average molecular weight is 492 g/mol. The molecule has 152 valence electrons. The van der Waals surface area contributed by atoms with Crippen LogP contribution in [0, 0.1) is 0 Å². The van der Waals surface area contributed by atoms with E-state index in [4.69, 9.17) is 21.1 Å². The van der Waals surface area contributed by atoms with Crippen molar-refractivity contribution in [2.75, 3.05) is 26.8 Å². The molecule has 0 aliphatic carbocycles. The molecule has 0 saturated heterocycles. The van der Waals surface area contributed by atoms with Gasteiger partial charge in [-0.1, -0.05) is 17.7 Å². The Balaban J connectivity index is 1.96. The van der Waals surface area contributed by atoms with E-state index in [2.05, 4.69) is 26.0 Å². The van der Waals surface area contributed by atoms with Crippen molar-refractivity contribution in [3.63, 3.8) is 0 Å². The van der Waals surface area contributed by atoms with E-state index in [9.17, 15) is 13.2 Å². The van der Waals surface area contributed by atoms with Gasteiger partial charge in [0.05, 0.1) is 23.1 Å². The molecule has 1 amide bonds. The van der Waals surface area contributed by atoms with Crippen molar-refractivity contribution in [3.05, 3.63) is 51.5 Å². The Kier molecular flexibility index (Phi) is 8.11. The minimum absolute atomic E-state index is 0.0237. The molecular weight excluding hydrogens is 472 g/mol. The third-order valence-corrected chi connectivity index (χ3v) is 5.87. The molecule has 0 radical (unpaired) electrons. The van der Waals surface area contributed by atoms with Gasteiger partial charge in [-0.3, -0.25) is 4.79 Å². The van der Waals surface area contributed by atoms with Gasteiger partial charge in [0, 0.05) is 23.7 Å². The number of methoxy groups -OCH3 is 1. The molecule has 0 fully saturated rings. The van der Waals surface area contributed by atoms with E-state index in [1.165, 1.54) is 19.2 Å². The SMILES string of the molecule is CCOc1c(Br)cc(C(=O)NCCNS(=O)(=O)c2cccc(Cl)c2)cc1OC. The maximum absolute atomic E-state index is 12.4. The molecule has 0 heterocycles. The first-order valence-corrected chi connectivity index (χ1v) is 11.0. The number of carbonyl (C=O) groups is 1. The Morgan fingerprint density at radius 2 is 1.96 bits per heavy atom. The van der Waals surface area contributed by atoms with E-state index in [0.29, 0.717) is 33.2 Å². The van der Waals surface area contributed by atoms with Crippen LogP contribution in [-0.2, 0) is 10.0 Å². The second kappa shape index (κ2) is 10.1. The van der Waals surface area contributed by atoms with Crippen molar-refractivity contribution < 1.29 is 22.7 Å². The number of carbonyl (C=O) groups excluding carboxylic acids is 1. The van der Waals surface area contributed by atoms with Crippen LogP contribution < -0.4 is 19.5 Å². The summed E-state index contributed by atoms with van der Waals surface area (Å²) in [4.78, 5) is 12.4. The van der Waals surface area contributed by atoms with Crippen molar-refractivity contribution >= 4 is 43.5 Å². The van der Waals surface area contributed by atoms with Gasteiger partial charge in [-0.2, -0.15) is 0 Å². The lowest BCUT2D eigenvalue weighted by atomic mass is 10.2. The molecule has 0 aliphatic heterocycles. The fraction of sp³-hybridized carbons (Fsp3) is 0.278. The maximum Gasteiger partial charge on any atom is 0.251 e. The highest BCUT2D eigenvalue weighted by atomic mass is 79.9. The van der Waals surface area contributed by atoms with Crippen LogP contribution in [0.1, 0.15) is 17.3 Å². The lowest BCUT2D eigenvalue weighted by Gasteiger charge is -2.13. The first-order chi connectivity index (χ1) is 13.3. The van der Waals surface area contributed by atoms with Crippen LogP contribution in [0.3, 0.4) is 0 Å². The van der Waals surface area contributed by atoms with Crippen LogP contribution in [-0.4, -0.2) is 41.1 Å². The largest absolute Gasteiger partial charge is 0.493 e. The van der Waals surface area contributed by atoms with Gasteiger partial charge in [0.15, 0.2) is 11.5 Å². The molecule has 0 atom stereocenters. The Bertz CT molecular complexity index is 953. The molecule has 0 aliphatic rings. The summed E-state index contributed by atoms with van der Waals surface area (Å²) in [5, 5.41) is 2.98. The summed E-state index contributed by atoms with van der Waals surface area (Å²) >= 11 is 9.18. The number of benzene rings is 2. The number of ether oxygens (including phenoxy) is 2. The first kappa shape index (κ1) is 22.5. The van der Waals surface area contributed by atoms with E-state index < -0.39 is 10.0 Å². The number of hydrogen-bond acceptors (Lipinski definition) is 5. The van der Waals surface area contributed by atoms with E-state index >= 15 is 0 Å². The standard InChI is InChI=1S/C18H20BrClN2O5S/c1-3-27-17-15(19)9-12(10-16(17)26-2)18(23)21-7-8-22-28(24,25)14-6-4-5-13(20)11-14/h4-6,9-11,22H,3,7-8H2,1-2H3,(H,21,23). The monoisotopic (exact) mass is 490 g/mol. The van der Waals surface area contributed by atoms with Gasteiger partial charge in [-0.15, -0.1) is 0 Å². The quantitative estimate of drug-likeness (QED) is 0.525. The van der Waals surface area contributed by atoms with Crippen LogP contribution in [0.15, 0.2) is 45.8 Å². The Hall–Kier alpha value is -1.81. The highest BCUT2D eigenvalue weighted by Gasteiger charge is 2.16. The zero-order valence-electron chi connectivity index (χ0n) is 15.3. The minimum Gasteiger partial charge on any atom is -0.493 e. The molecule has 0 saturated carbocycles. The van der Waals surface area contributed by atoms with E-state index in [1.807, 2.05) is 6.92 Å². The zero-order valence-corrected chi connectivity index (χ0v) is 18.4. The van der Waals surface area contributed by atoms with E-state index in [0.717, 1.165) is 0 Å². The van der Waals surface area contributed by atoms with Gasteiger partial charge in [-0.25, -0.2) is 13.1 Å². The summed E-state index contributed by atoms with van der Waals surface area (Å²) in [6, 6.07) is 9.10. The average Bonchev–Trinajstić information content (AvgIpc) is 2.66. The third kappa shape index (κ3) is 5.84. The van der Waals surface area contributed by atoms with E-state index in [-0.39, 0.29) is 23.9 Å². The number of rotatable bonds is 9. The molecule has 7 nitrogen and oxygen atoms in total. The fourth-order valence-corrected chi connectivity index (χ4v) is 4.21. The van der Waals surface area contributed by atoms with Crippen LogP contribution in [0.5, 0.6) is 11.5 Å². The molecule has 0 bridgehead atoms. The summed E-state index contributed by atoms with van der Waals surface area (Å²) < 4.78 is 38.2. The van der Waals surface area contributed by atoms with Crippen molar-refractivity contribution in [2.45, 2.75) is 11.8 Å². The van der Waals surface area contributed by atoms with Gasteiger partial charge in [0.2, 0.25) is 10.0 Å². The van der Waals surface area contributed by atoms with Crippen LogP contribution in [0.2, 0.25) is 5.02 Å². The fourth-order valence-electron chi connectivity index (χ4n) is 2.32. The minimum atomic E-state index is -3.70. The topological polar surface area (TPSA) is 93.7 Å². The lowest BCUT2D eigenvalue weighted by molar-refractivity contribution is 0.0954. The van der Waals surface area contributed by atoms with Crippen LogP contribution in [0.4, 0.5) is 0 Å². The number of sulfonamides is 1. The second-order valence-corrected chi connectivity index (χ2v) is 8.59. The Labute approximate surface area is 177 Å². The van der Waals surface area contributed by atoms with Crippen molar-refractivity contribution in [1.29, 1.82) is 0 Å². The van der Waals surface area contributed by atoms with Crippen molar-refractivity contribution in [1.82, 2.24) is 10.0 Å². The summed E-state index contributed by atoms with van der Waals surface area (Å²) in [5.41, 5.74) is 0.352. The predicted molar refractivity (Wildman–Crippen MR) is 111 cm³/mol. The van der Waals surface area contributed by atoms with Crippen molar-refractivity contribution in [3.8, 4) is 11.5 Å². The molecule has 2 rings (SSSR count). The number of nitrogens with one attached hydrogen (secondary N) is 2. The Morgan fingerprint density at radius 1 is 1.21 bits per heavy atom. The molecule has 0 spiro atoms. The molecule has 0 aromatic heterocycles. The number of hydrogen-bond donors (Lipinski definition) is 2. The first-order valence-electron chi connectivity index (χ1n) is 8.32. The van der Waals surface area contributed by atoms with Crippen LogP contribution >= 0.6 is 27.5 Å². The van der Waals surface area contributed by atoms with Gasteiger partial charge in [-0.05, 0) is 53.2 Å². The molecule has 2 aromatic carbocycles. The van der Waals surface area contributed by atoms with Gasteiger partial charge in [0.25, 0.3) is 5.91 Å².